The lowest BCUT2D eigenvalue weighted by Crippen LogP contribution is -2.50. The molecule has 20 heavy (non-hydrogen) atoms. The van der Waals surface area contributed by atoms with E-state index in [0.29, 0.717) is 23.5 Å². The van der Waals surface area contributed by atoms with Crippen LogP contribution in [-0.4, -0.2) is 18.0 Å². The molecule has 4 rings (SSSR count). The third-order valence-electron chi connectivity index (χ3n) is 6.71. The van der Waals surface area contributed by atoms with Crippen LogP contribution in [0.3, 0.4) is 0 Å². The van der Waals surface area contributed by atoms with Crippen molar-refractivity contribution in [3.8, 4) is 0 Å². The van der Waals surface area contributed by atoms with Gasteiger partial charge in [0.25, 0.3) is 0 Å². The van der Waals surface area contributed by atoms with E-state index < -0.39 is 0 Å². The summed E-state index contributed by atoms with van der Waals surface area (Å²) in [5.41, 5.74) is 1.61. The second kappa shape index (κ2) is 4.07. The molecule has 0 aromatic rings. The van der Waals surface area contributed by atoms with E-state index in [9.17, 15) is 4.79 Å². The highest BCUT2D eigenvalue weighted by Gasteiger charge is 2.55. The van der Waals surface area contributed by atoms with E-state index in [1.807, 2.05) is 6.08 Å². The summed E-state index contributed by atoms with van der Waals surface area (Å²) in [7, 11) is 0. The molecule has 2 fully saturated rings. The first kappa shape index (κ1) is 12.8. The molecule has 0 unspecified atom stereocenters. The highest BCUT2D eigenvalue weighted by Crippen LogP contribution is 2.59. The summed E-state index contributed by atoms with van der Waals surface area (Å²) < 4.78 is 6.08. The number of carbonyl (C=O) groups excluding carboxylic acids is 1. The SMILES string of the molecule is C[C@]12CCC(=O)C=C1C=C[C@@H]1[C@@H]2CC[C@]2(C)OCC[C@@H]12. The molecule has 0 aromatic heterocycles. The molecule has 1 saturated heterocycles. The van der Waals surface area contributed by atoms with Crippen LogP contribution in [0.25, 0.3) is 0 Å². The van der Waals surface area contributed by atoms with Crippen LogP contribution in [0, 0.1) is 23.2 Å². The van der Waals surface area contributed by atoms with Crippen LogP contribution in [-0.2, 0) is 9.53 Å². The second-order valence-electron chi connectivity index (χ2n) is 7.62. The Morgan fingerprint density at radius 1 is 1.20 bits per heavy atom. The number of hydrogen-bond donors (Lipinski definition) is 0. The van der Waals surface area contributed by atoms with Crippen molar-refractivity contribution >= 4 is 5.78 Å². The first-order valence-electron chi connectivity index (χ1n) is 8.10. The van der Waals surface area contributed by atoms with Crippen molar-refractivity contribution in [3.63, 3.8) is 0 Å². The van der Waals surface area contributed by atoms with Crippen molar-refractivity contribution in [1.29, 1.82) is 0 Å². The molecule has 5 atom stereocenters. The second-order valence-corrected chi connectivity index (χ2v) is 7.62. The minimum atomic E-state index is 0.105. The van der Waals surface area contributed by atoms with Crippen molar-refractivity contribution in [2.45, 2.75) is 51.6 Å². The molecule has 1 saturated carbocycles. The van der Waals surface area contributed by atoms with Crippen LogP contribution in [0.4, 0.5) is 0 Å². The highest BCUT2D eigenvalue weighted by atomic mass is 16.5. The maximum absolute atomic E-state index is 11.7. The molecule has 2 heteroatoms. The van der Waals surface area contributed by atoms with Gasteiger partial charge in [-0.25, -0.2) is 0 Å². The zero-order valence-corrected chi connectivity index (χ0v) is 12.5. The summed E-state index contributed by atoms with van der Waals surface area (Å²) in [6.07, 6.45) is 12.0. The zero-order chi connectivity index (χ0) is 14.0. The number of rotatable bonds is 0. The van der Waals surface area contributed by atoms with Crippen LogP contribution in [0.5, 0.6) is 0 Å². The van der Waals surface area contributed by atoms with Crippen LogP contribution in [0.2, 0.25) is 0 Å². The van der Waals surface area contributed by atoms with E-state index in [4.69, 9.17) is 4.74 Å². The van der Waals surface area contributed by atoms with Crippen molar-refractivity contribution in [1.82, 2.24) is 0 Å². The summed E-state index contributed by atoms with van der Waals surface area (Å²) in [5, 5.41) is 0. The van der Waals surface area contributed by atoms with Gasteiger partial charge in [-0.05, 0) is 67.4 Å². The molecular weight excluding hydrogens is 248 g/mol. The Bertz CT molecular complexity index is 518. The normalized spacial score (nSPS) is 50.2. The Morgan fingerprint density at radius 3 is 2.90 bits per heavy atom. The van der Waals surface area contributed by atoms with E-state index in [1.54, 1.807) is 0 Å². The Kier molecular flexibility index (Phi) is 2.61. The van der Waals surface area contributed by atoms with Crippen LogP contribution in [0.1, 0.15) is 46.0 Å². The minimum absolute atomic E-state index is 0.105. The van der Waals surface area contributed by atoms with E-state index >= 15 is 0 Å². The van der Waals surface area contributed by atoms with Gasteiger partial charge in [-0.2, -0.15) is 0 Å². The first-order valence-corrected chi connectivity index (χ1v) is 8.10. The number of carbonyl (C=O) groups is 1. The smallest absolute Gasteiger partial charge is 0.156 e. The molecule has 0 radical (unpaired) electrons. The predicted octanol–water partition coefficient (Wildman–Crippen LogP) is 3.67. The number of ether oxygens (including phenoxy) is 1. The average molecular weight is 272 g/mol. The monoisotopic (exact) mass is 272 g/mol. The van der Waals surface area contributed by atoms with Crippen LogP contribution >= 0.6 is 0 Å². The van der Waals surface area contributed by atoms with Gasteiger partial charge in [0.2, 0.25) is 0 Å². The molecule has 0 amide bonds. The highest BCUT2D eigenvalue weighted by molar-refractivity contribution is 5.92. The van der Waals surface area contributed by atoms with Crippen LogP contribution in [0.15, 0.2) is 23.8 Å². The number of allylic oxidation sites excluding steroid dienone is 4. The van der Waals surface area contributed by atoms with Gasteiger partial charge in [0.15, 0.2) is 5.78 Å². The van der Waals surface area contributed by atoms with Gasteiger partial charge in [0, 0.05) is 13.0 Å². The largest absolute Gasteiger partial charge is 0.375 e. The standard InChI is InChI=1S/C18H24O2/c1-17-8-5-13(19)11-12(17)3-4-14-15(17)6-9-18(2)16(14)7-10-20-18/h3-4,11,14-16H,5-10H2,1-2H3/t14-,15+,16+,17+,18+/m1/s1. The van der Waals surface area contributed by atoms with Gasteiger partial charge in [-0.15, -0.1) is 0 Å². The van der Waals surface area contributed by atoms with E-state index in [2.05, 4.69) is 26.0 Å². The van der Waals surface area contributed by atoms with Gasteiger partial charge >= 0.3 is 0 Å². The van der Waals surface area contributed by atoms with E-state index in [1.165, 1.54) is 24.8 Å². The Labute approximate surface area is 121 Å². The fraction of sp³-hybridized carbons (Fsp3) is 0.722. The lowest BCUT2D eigenvalue weighted by atomic mass is 9.51. The summed E-state index contributed by atoms with van der Waals surface area (Å²) in [5.74, 6) is 2.33. The Balaban J connectivity index is 1.76. The molecule has 4 aliphatic rings. The van der Waals surface area contributed by atoms with E-state index in [-0.39, 0.29) is 11.0 Å². The van der Waals surface area contributed by atoms with Gasteiger partial charge in [0.1, 0.15) is 0 Å². The maximum atomic E-state index is 11.7. The molecule has 3 aliphatic carbocycles. The zero-order valence-electron chi connectivity index (χ0n) is 12.5. The molecule has 1 heterocycles. The maximum Gasteiger partial charge on any atom is 0.156 e. The Morgan fingerprint density at radius 2 is 2.05 bits per heavy atom. The topological polar surface area (TPSA) is 26.3 Å². The minimum Gasteiger partial charge on any atom is -0.375 e. The summed E-state index contributed by atoms with van der Waals surface area (Å²) >= 11 is 0. The first-order chi connectivity index (χ1) is 9.53. The van der Waals surface area contributed by atoms with E-state index in [0.717, 1.165) is 19.4 Å². The number of ketones is 1. The predicted molar refractivity (Wildman–Crippen MR) is 78.2 cm³/mol. The van der Waals surface area contributed by atoms with Crippen molar-refractivity contribution in [3.05, 3.63) is 23.8 Å². The van der Waals surface area contributed by atoms with Crippen molar-refractivity contribution < 1.29 is 9.53 Å². The van der Waals surface area contributed by atoms with Gasteiger partial charge in [-0.1, -0.05) is 19.1 Å². The number of fused-ring (bicyclic) bond motifs is 5. The molecule has 108 valence electrons. The fourth-order valence-corrected chi connectivity index (χ4v) is 5.41. The van der Waals surface area contributed by atoms with Crippen LogP contribution < -0.4 is 0 Å². The molecule has 1 aliphatic heterocycles. The third kappa shape index (κ3) is 1.57. The number of hydrogen-bond acceptors (Lipinski definition) is 2. The molecule has 0 bridgehead atoms. The summed E-state index contributed by atoms with van der Waals surface area (Å²) in [6, 6.07) is 0. The van der Waals surface area contributed by atoms with Crippen molar-refractivity contribution in [2.24, 2.45) is 23.2 Å². The summed E-state index contributed by atoms with van der Waals surface area (Å²) in [4.78, 5) is 11.7. The molecule has 2 nitrogen and oxygen atoms in total. The third-order valence-corrected chi connectivity index (χ3v) is 6.71. The fourth-order valence-electron chi connectivity index (χ4n) is 5.41. The van der Waals surface area contributed by atoms with Gasteiger partial charge in [0.05, 0.1) is 5.60 Å². The van der Waals surface area contributed by atoms with Gasteiger partial charge in [-0.3, -0.25) is 4.79 Å². The van der Waals surface area contributed by atoms with Gasteiger partial charge < -0.3 is 4.74 Å². The van der Waals surface area contributed by atoms with Crippen molar-refractivity contribution in [2.75, 3.05) is 6.61 Å². The molecule has 0 aromatic carbocycles. The molecule has 0 N–H and O–H groups in total. The Hall–Kier alpha value is -0.890. The average Bonchev–Trinajstić information content (AvgIpc) is 2.81. The summed E-state index contributed by atoms with van der Waals surface area (Å²) in [6.45, 7) is 5.63. The molecular formula is C18H24O2. The lowest BCUT2D eigenvalue weighted by Gasteiger charge is -2.54. The lowest BCUT2D eigenvalue weighted by molar-refractivity contribution is -0.117. The quantitative estimate of drug-likeness (QED) is 0.672. The molecule has 0 spiro atoms.